The molecule has 0 amide bonds. The number of rotatable bonds is 2. The van der Waals surface area contributed by atoms with Crippen LogP contribution in [-0.2, 0) is 0 Å². The Labute approximate surface area is 42.9 Å². The van der Waals surface area contributed by atoms with Gasteiger partial charge < -0.3 is 5.11 Å². The fraction of sp³-hybridized carbons (Fsp3) is 0.500. The number of halogens is 1. The minimum atomic E-state index is -0.0509. The van der Waals surface area contributed by atoms with E-state index in [1.807, 2.05) is 0 Å². The van der Waals surface area contributed by atoms with Crippen molar-refractivity contribution in [1.29, 1.82) is 0 Å². The molecule has 0 unspecified atom stereocenters. The summed E-state index contributed by atoms with van der Waals surface area (Å²) < 4.78 is 0. The maximum atomic E-state index is 8.19. The largest absolute Gasteiger partial charge is 0.371 e. The van der Waals surface area contributed by atoms with Crippen LogP contribution in [0.2, 0.25) is 0 Å². The van der Waals surface area contributed by atoms with Gasteiger partial charge >= 0.3 is 0 Å². The Balaban J connectivity index is 2.63. The molecule has 0 aromatic rings. The molecule has 36 valence electrons. The summed E-state index contributed by atoms with van der Waals surface area (Å²) in [5, 5.41) is 8.19. The van der Waals surface area contributed by atoms with E-state index in [4.69, 9.17) is 16.7 Å². The summed E-state index contributed by atoms with van der Waals surface area (Å²) in [4.78, 5) is 0. The van der Waals surface area contributed by atoms with Crippen molar-refractivity contribution in [2.75, 3.05) is 0 Å². The highest BCUT2D eigenvalue weighted by atomic mass is 35.5. The Morgan fingerprint density at radius 1 is 1.83 bits per heavy atom. The molecular weight excluding hydrogens is 99.5 g/mol. The minimum Gasteiger partial charge on any atom is -0.371 e. The zero-order valence-corrected chi connectivity index (χ0v) is 4.20. The van der Waals surface area contributed by atoms with Gasteiger partial charge in [-0.15, -0.1) is 0 Å². The molecule has 0 atom stereocenters. The topological polar surface area (TPSA) is 20.2 Å². The van der Waals surface area contributed by atoms with E-state index in [2.05, 4.69) is 6.92 Å². The van der Waals surface area contributed by atoms with Crippen LogP contribution in [0, 0.1) is 12.5 Å². The first kappa shape index (κ1) is 6.25. The van der Waals surface area contributed by atoms with E-state index in [1.54, 1.807) is 0 Å². The summed E-state index contributed by atoms with van der Waals surface area (Å²) in [6, 6.07) is 0. The molecule has 1 nitrogen and oxygen atoms in total. The Kier molecular flexibility index (Phi) is 3.58. The molecule has 0 aromatic heterocycles. The second-order valence-electron chi connectivity index (χ2n) is 0.980. The van der Waals surface area contributed by atoms with Gasteiger partial charge in [0.25, 0.3) is 0 Å². The molecule has 6 heavy (non-hydrogen) atoms. The smallest absolute Gasteiger partial charge is 0.181 e. The van der Waals surface area contributed by atoms with Crippen molar-refractivity contribution in [3.8, 4) is 0 Å². The monoisotopic (exact) mass is 106 g/mol. The number of hydrogen-bond donors (Lipinski definition) is 1. The molecule has 0 fully saturated rings. The van der Waals surface area contributed by atoms with E-state index in [0.717, 1.165) is 0 Å². The molecule has 0 aliphatic heterocycles. The van der Waals surface area contributed by atoms with Gasteiger partial charge in [0.05, 0.1) is 0 Å². The fourth-order valence-electron chi connectivity index (χ4n) is 0.146. The number of aliphatic hydroxyl groups excluding tert-OH is 1. The second-order valence-corrected chi connectivity index (χ2v) is 1.42. The summed E-state index contributed by atoms with van der Waals surface area (Å²) in [6.45, 7) is 3.46. The van der Waals surface area contributed by atoms with Crippen molar-refractivity contribution in [3.63, 3.8) is 0 Å². The lowest BCUT2D eigenvalue weighted by Crippen LogP contribution is -1.80. The van der Waals surface area contributed by atoms with Gasteiger partial charge in [0, 0.05) is 0 Å². The normalized spacial score (nSPS) is 10.0. The van der Waals surface area contributed by atoms with Crippen LogP contribution in [0.25, 0.3) is 0 Å². The molecule has 0 aliphatic rings. The Morgan fingerprint density at radius 3 is 2.33 bits per heavy atom. The first-order chi connectivity index (χ1) is 2.77. The lowest BCUT2D eigenvalue weighted by Gasteiger charge is -1.90. The van der Waals surface area contributed by atoms with Gasteiger partial charge in [-0.3, -0.25) is 0 Å². The van der Waals surface area contributed by atoms with Gasteiger partial charge in [-0.2, -0.15) is 0 Å². The minimum absolute atomic E-state index is 0.0509. The van der Waals surface area contributed by atoms with Gasteiger partial charge in [-0.1, -0.05) is 18.5 Å². The van der Waals surface area contributed by atoms with Crippen molar-refractivity contribution in [2.24, 2.45) is 0 Å². The van der Waals surface area contributed by atoms with E-state index >= 15 is 0 Å². The Morgan fingerprint density at radius 2 is 2.33 bits per heavy atom. The average Bonchev–Trinajstić information content (AvgIpc) is 1.35. The van der Waals surface area contributed by atoms with E-state index in [1.165, 1.54) is 0 Å². The van der Waals surface area contributed by atoms with Gasteiger partial charge in [0.15, 0.2) is 5.56 Å². The predicted octanol–water partition coefficient (Wildman–Crippen LogP) is 1.70. The summed E-state index contributed by atoms with van der Waals surface area (Å²) in [5.41, 5.74) is -0.0509. The standard InChI is InChI=1S/C4H7ClO/c1-2-3-4(5)6/h6H,1-3H2. The number of hydrogen-bond acceptors (Lipinski definition) is 1. The van der Waals surface area contributed by atoms with E-state index in [0.29, 0.717) is 12.8 Å². The molecule has 0 saturated carbocycles. The quantitative estimate of drug-likeness (QED) is 0.568. The van der Waals surface area contributed by atoms with Crippen LogP contribution in [-0.4, -0.2) is 5.11 Å². The van der Waals surface area contributed by atoms with E-state index in [-0.39, 0.29) is 5.56 Å². The SMILES string of the molecule is [CH2]CC[C](O)Cl. The van der Waals surface area contributed by atoms with E-state index in [9.17, 15) is 0 Å². The van der Waals surface area contributed by atoms with Crippen LogP contribution in [0.3, 0.4) is 0 Å². The first-order valence-corrected chi connectivity index (χ1v) is 2.14. The molecule has 2 heteroatoms. The van der Waals surface area contributed by atoms with Gasteiger partial charge in [0.2, 0.25) is 0 Å². The Bertz CT molecular complexity index is 28.7. The molecule has 0 heterocycles. The summed E-state index contributed by atoms with van der Waals surface area (Å²) in [6.07, 6.45) is 1.16. The molecule has 0 saturated heterocycles. The number of aliphatic hydroxyl groups is 1. The lowest BCUT2D eigenvalue weighted by molar-refractivity contribution is 0.346. The van der Waals surface area contributed by atoms with Crippen LogP contribution < -0.4 is 0 Å². The summed E-state index contributed by atoms with van der Waals surface area (Å²) in [7, 11) is 0. The second kappa shape index (κ2) is 3.44. The molecular formula is C4H7ClO. The van der Waals surface area contributed by atoms with Crippen molar-refractivity contribution >= 4 is 11.6 Å². The zero-order valence-electron chi connectivity index (χ0n) is 3.45. The van der Waals surface area contributed by atoms with Gasteiger partial charge in [0.1, 0.15) is 0 Å². The predicted molar refractivity (Wildman–Crippen MR) is 25.6 cm³/mol. The zero-order chi connectivity index (χ0) is 4.99. The third kappa shape index (κ3) is 4.25. The first-order valence-electron chi connectivity index (χ1n) is 1.77. The maximum absolute atomic E-state index is 8.19. The van der Waals surface area contributed by atoms with Crippen molar-refractivity contribution < 1.29 is 5.11 Å². The molecule has 1 N–H and O–H groups in total. The fourth-order valence-corrected chi connectivity index (χ4v) is 0.280. The van der Waals surface area contributed by atoms with Crippen LogP contribution >= 0.6 is 11.6 Å². The van der Waals surface area contributed by atoms with Crippen LogP contribution in [0.1, 0.15) is 12.8 Å². The van der Waals surface area contributed by atoms with Crippen molar-refractivity contribution in [2.45, 2.75) is 12.8 Å². The third-order valence-corrected chi connectivity index (χ3v) is 0.572. The highest BCUT2D eigenvalue weighted by molar-refractivity contribution is 6.25. The molecule has 0 aliphatic carbocycles. The third-order valence-electron chi connectivity index (χ3n) is 0.383. The summed E-state index contributed by atoms with van der Waals surface area (Å²) in [5.74, 6) is 0. The molecule has 0 spiro atoms. The van der Waals surface area contributed by atoms with Crippen molar-refractivity contribution in [1.82, 2.24) is 0 Å². The van der Waals surface area contributed by atoms with Gasteiger partial charge in [-0.05, 0) is 12.8 Å². The van der Waals surface area contributed by atoms with Crippen LogP contribution in [0.15, 0.2) is 0 Å². The molecule has 0 rings (SSSR count). The lowest BCUT2D eigenvalue weighted by atomic mass is 10.4. The van der Waals surface area contributed by atoms with Gasteiger partial charge in [-0.25, -0.2) is 0 Å². The Hall–Kier alpha value is 0.250. The highest BCUT2D eigenvalue weighted by Crippen LogP contribution is 2.06. The van der Waals surface area contributed by atoms with Crippen molar-refractivity contribution in [3.05, 3.63) is 12.5 Å². The molecule has 0 aromatic carbocycles. The molecule has 0 bridgehead atoms. The summed E-state index contributed by atoms with van der Waals surface area (Å²) >= 11 is 5.01. The van der Waals surface area contributed by atoms with E-state index < -0.39 is 0 Å². The average molecular weight is 107 g/mol. The maximum Gasteiger partial charge on any atom is 0.181 e. The van der Waals surface area contributed by atoms with Crippen LogP contribution in [0.4, 0.5) is 0 Å². The van der Waals surface area contributed by atoms with Crippen LogP contribution in [0.5, 0.6) is 0 Å². The highest BCUT2D eigenvalue weighted by Gasteiger charge is 1.92. The molecule has 2 radical (unpaired) electrons.